The number of carbonyl (C=O) groups excluding carboxylic acids is 2. The molecule has 0 atom stereocenters. The molecule has 24 heavy (non-hydrogen) atoms. The first-order valence-electron chi connectivity index (χ1n) is 7.33. The molecule has 0 aliphatic heterocycles. The Morgan fingerprint density at radius 2 is 1.67 bits per heavy atom. The first-order valence-corrected chi connectivity index (χ1v) is 7.33. The van der Waals surface area contributed by atoms with Gasteiger partial charge in [-0.3, -0.25) is 14.6 Å². The Morgan fingerprint density at radius 3 is 2.25 bits per heavy atom. The summed E-state index contributed by atoms with van der Waals surface area (Å²) >= 11 is 0. The van der Waals surface area contributed by atoms with Gasteiger partial charge in [-0.15, -0.1) is 0 Å². The molecule has 0 saturated heterocycles. The van der Waals surface area contributed by atoms with Crippen LogP contribution in [0.2, 0.25) is 0 Å². The van der Waals surface area contributed by atoms with E-state index in [1.807, 2.05) is 0 Å². The lowest BCUT2D eigenvalue weighted by molar-refractivity contribution is -0.116. The summed E-state index contributed by atoms with van der Waals surface area (Å²) in [6, 6.07) is 8.28. The van der Waals surface area contributed by atoms with Crippen LogP contribution in [0.1, 0.15) is 16.8 Å². The molecule has 0 aliphatic rings. The van der Waals surface area contributed by atoms with E-state index >= 15 is 0 Å². The van der Waals surface area contributed by atoms with Crippen LogP contribution >= 0.6 is 0 Å². The molecule has 0 radical (unpaired) electrons. The Labute approximate surface area is 140 Å². The molecule has 0 fully saturated rings. The number of carbonyl (C=O) groups is 2. The molecule has 1 aromatic carbocycles. The summed E-state index contributed by atoms with van der Waals surface area (Å²) in [5, 5.41) is 5.42. The third kappa shape index (κ3) is 4.98. The number of hydrogen-bond acceptors (Lipinski definition) is 5. The second kappa shape index (κ2) is 8.52. The highest BCUT2D eigenvalue weighted by Gasteiger charge is 2.10. The summed E-state index contributed by atoms with van der Waals surface area (Å²) in [5.41, 5.74) is 1.07. The number of nitrogens with zero attached hydrogens (tertiary/aromatic N) is 1. The molecular weight excluding hydrogens is 310 g/mol. The van der Waals surface area contributed by atoms with Crippen LogP contribution in [0.25, 0.3) is 0 Å². The molecule has 1 heterocycles. The van der Waals surface area contributed by atoms with E-state index in [4.69, 9.17) is 9.47 Å². The van der Waals surface area contributed by atoms with Crippen LogP contribution in [0.15, 0.2) is 42.7 Å². The second-order valence-electron chi connectivity index (χ2n) is 4.89. The molecule has 0 saturated carbocycles. The minimum Gasteiger partial charge on any atom is -0.497 e. The van der Waals surface area contributed by atoms with Crippen LogP contribution in [0.3, 0.4) is 0 Å². The lowest BCUT2D eigenvalue weighted by Gasteiger charge is -2.09. The maximum Gasteiger partial charge on any atom is 0.251 e. The van der Waals surface area contributed by atoms with Gasteiger partial charge in [-0.25, -0.2) is 0 Å². The Morgan fingerprint density at radius 1 is 1.04 bits per heavy atom. The van der Waals surface area contributed by atoms with Crippen LogP contribution in [0.5, 0.6) is 11.5 Å². The first-order chi connectivity index (χ1) is 11.6. The number of nitrogens with one attached hydrogen (secondary N) is 2. The zero-order valence-corrected chi connectivity index (χ0v) is 13.5. The molecule has 1 aromatic heterocycles. The number of benzene rings is 1. The van der Waals surface area contributed by atoms with Crippen LogP contribution in [-0.2, 0) is 4.79 Å². The molecular formula is C17H19N3O4. The molecule has 2 rings (SSSR count). The molecule has 0 spiro atoms. The average molecular weight is 329 g/mol. The van der Waals surface area contributed by atoms with E-state index in [1.165, 1.54) is 14.2 Å². The van der Waals surface area contributed by atoms with E-state index in [9.17, 15) is 9.59 Å². The van der Waals surface area contributed by atoms with Gasteiger partial charge in [0.15, 0.2) is 0 Å². The maximum absolute atomic E-state index is 12.2. The van der Waals surface area contributed by atoms with Crippen LogP contribution in [-0.4, -0.2) is 37.6 Å². The number of rotatable bonds is 7. The van der Waals surface area contributed by atoms with E-state index in [2.05, 4.69) is 15.6 Å². The van der Waals surface area contributed by atoms with Gasteiger partial charge in [0.2, 0.25) is 5.91 Å². The molecule has 7 nitrogen and oxygen atoms in total. The van der Waals surface area contributed by atoms with Crippen molar-refractivity contribution >= 4 is 17.5 Å². The molecule has 2 aromatic rings. The number of hydrogen-bond donors (Lipinski definition) is 2. The quantitative estimate of drug-likeness (QED) is 0.809. The van der Waals surface area contributed by atoms with Crippen molar-refractivity contribution in [3.63, 3.8) is 0 Å². The second-order valence-corrected chi connectivity index (χ2v) is 4.89. The van der Waals surface area contributed by atoms with Gasteiger partial charge in [-0.1, -0.05) is 0 Å². The zero-order valence-electron chi connectivity index (χ0n) is 13.5. The van der Waals surface area contributed by atoms with Gasteiger partial charge in [0.05, 0.1) is 14.2 Å². The van der Waals surface area contributed by atoms with E-state index in [0.717, 1.165) is 0 Å². The van der Waals surface area contributed by atoms with Crippen molar-refractivity contribution in [3.8, 4) is 11.5 Å². The van der Waals surface area contributed by atoms with Crippen molar-refractivity contribution in [2.45, 2.75) is 6.42 Å². The smallest absolute Gasteiger partial charge is 0.251 e. The van der Waals surface area contributed by atoms with Crippen molar-refractivity contribution in [2.75, 3.05) is 26.1 Å². The number of anilines is 1. The SMILES string of the molecule is COc1cc(OC)cc(C(=O)NCCC(=O)Nc2ccncc2)c1. The van der Waals surface area contributed by atoms with Gasteiger partial charge < -0.3 is 20.1 Å². The van der Waals surface area contributed by atoms with E-state index in [-0.39, 0.29) is 24.8 Å². The molecule has 7 heteroatoms. The summed E-state index contributed by atoms with van der Waals surface area (Å²) in [7, 11) is 3.03. The number of ether oxygens (including phenoxy) is 2. The summed E-state index contributed by atoms with van der Waals surface area (Å²) in [6.07, 6.45) is 3.34. The fraction of sp³-hybridized carbons (Fsp3) is 0.235. The highest BCUT2D eigenvalue weighted by atomic mass is 16.5. The predicted molar refractivity (Wildman–Crippen MR) is 89.4 cm³/mol. The van der Waals surface area contributed by atoms with Gasteiger partial charge in [0, 0.05) is 42.7 Å². The van der Waals surface area contributed by atoms with Crippen molar-refractivity contribution in [1.29, 1.82) is 0 Å². The minimum absolute atomic E-state index is 0.162. The lowest BCUT2D eigenvalue weighted by atomic mass is 10.2. The standard InChI is InChI=1S/C17H19N3O4/c1-23-14-9-12(10-15(11-14)24-2)17(22)19-8-5-16(21)20-13-3-6-18-7-4-13/h3-4,6-7,9-11H,5,8H2,1-2H3,(H,19,22)(H,18,20,21). The lowest BCUT2D eigenvalue weighted by Crippen LogP contribution is -2.27. The molecule has 0 bridgehead atoms. The van der Waals surface area contributed by atoms with Gasteiger partial charge >= 0.3 is 0 Å². The number of aromatic nitrogens is 1. The highest BCUT2D eigenvalue weighted by molar-refractivity contribution is 5.96. The van der Waals surface area contributed by atoms with Crippen molar-refractivity contribution < 1.29 is 19.1 Å². The summed E-state index contributed by atoms with van der Waals surface area (Å²) < 4.78 is 10.3. The van der Waals surface area contributed by atoms with Crippen molar-refractivity contribution in [2.24, 2.45) is 0 Å². The number of amides is 2. The predicted octanol–water partition coefficient (Wildman–Crippen LogP) is 1.86. The summed E-state index contributed by atoms with van der Waals surface area (Å²) in [5.74, 6) is 0.554. The molecule has 126 valence electrons. The van der Waals surface area contributed by atoms with Crippen LogP contribution < -0.4 is 20.1 Å². The van der Waals surface area contributed by atoms with Crippen LogP contribution in [0.4, 0.5) is 5.69 Å². The Balaban J connectivity index is 1.86. The van der Waals surface area contributed by atoms with Crippen molar-refractivity contribution in [3.05, 3.63) is 48.3 Å². The highest BCUT2D eigenvalue weighted by Crippen LogP contribution is 2.22. The fourth-order valence-electron chi connectivity index (χ4n) is 1.99. The average Bonchev–Trinajstić information content (AvgIpc) is 2.61. The fourth-order valence-corrected chi connectivity index (χ4v) is 1.99. The summed E-state index contributed by atoms with van der Waals surface area (Å²) in [4.78, 5) is 27.8. The molecule has 0 unspecified atom stereocenters. The third-order valence-corrected chi connectivity index (χ3v) is 3.22. The topological polar surface area (TPSA) is 89.5 Å². The normalized spacial score (nSPS) is 9.92. The molecule has 2 amide bonds. The molecule has 2 N–H and O–H groups in total. The van der Waals surface area contributed by atoms with E-state index in [0.29, 0.717) is 22.7 Å². The maximum atomic E-state index is 12.2. The first kappa shape index (κ1) is 17.3. The Bertz CT molecular complexity index is 682. The minimum atomic E-state index is -0.302. The van der Waals surface area contributed by atoms with Gasteiger partial charge in [0.25, 0.3) is 5.91 Å². The van der Waals surface area contributed by atoms with Crippen molar-refractivity contribution in [1.82, 2.24) is 10.3 Å². The summed E-state index contributed by atoms with van der Waals surface area (Å²) in [6.45, 7) is 0.218. The zero-order chi connectivity index (χ0) is 17.4. The Hall–Kier alpha value is -3.09. The van der Waals surface area contributed by atoms with Gasteiger partial charge in [-0.2, -0.15) is 0 Å². The van der Waals surface area contributed by atoms with Crippen LogP contribution in [0, 0.1) is 0 Å². The largest absolute Gasteiger partial charge is 0.497 e. The van der Waals surface area contributed by atoms with Gasteiger partial charge in [-0.05, 0) is 24.3 Å². The number of methoxy groups -OCH3 is 2. The van der Waals surface area contributed by atoms with E-state index < -0.39 is 0 Å². The number of pyridine rings is 1. The van der Waals surface area contributed by atoms with E-state index in [1.54, 1.807) is 42.7 Å². The Kier molecular flexibility index (Phi) is 6.13. The van der Waals surface area contributed by atoms with Gasteiger partial charge in [0.1, 0.15) is 11.5 Å². The molecule has 0 aliphatic carbocycles. The monoisotopic (exact) mass is 329 g/mol. The third-order valence-electron chi connectivity index (χ3n) is 3.22.